The number of aromatic carboxylic acids is 1. The number of halogens is 1. The molecule has 0 radical (unpaired) electrons. The summed E-state index contributed by atoms with van der Waals surface area (Å²) < 4.78 is 38.9. The summed E-state index contributed by atoms with van der Waals surface area (Å²) in [6.07, 6.45) is 0. The molecule has 0 spiro atoms. The Morgan fingerprint density at radius 1 is 1.00 bits per heavy atom. The van der Waals surface area contributed by atoms with Crippen molar-refractivity contribution >= 4 is 27.6 Å². The molecule has 0 saturated heterocycles. The van der Waals surface area contributed by atoms with Crippen molar-refractivity contribution in [1.29, 1.82) is 0 Å². The van der Waals surface area contributed by atoms with Crippen LogP contribution in [0.15, 0.2) is 53.4 Å². The number of sulfonamides is 1. The van der Waals surface area contributed by atoms with Gasteiger partial charge in [0.05, 0.1) is 16.1 Å². The van der Waals surface area contributed by atoms with Crippen LogP contribution in [-0.2, 0) is 14.8 Å². The van der Waals surface area contributed by atoms with Gasteiger partial charge in [-0.25, -0.2) is 17.6 Å². The maximum absolute atomic E-state index is 13.0. The van der Waals surface area contributed by atoms with E-state index >= 15 is 0 Å². The third-order valence-corrected chi connectivity index (χ3v) is 4.86. The van der Waals surface area contributed by atoms with Crippen LogP contribution in [0.3, 0.4) is 0 Å². The van der Waals surface area contributed by atoms with Crippen molar-refractivity contribution in [2.75, 3.05) is 10.8 Å². The molecular weight excluding hydrogens is 341 g/mol. The minimum absolute atomic E-state index is 0.295. The molecule has 0 aliphatic rings. The van der Waals surface area contributed by atoms with Gasteiger partial charge in [0.15, 0.2) is 0 Å². The standard InChI is InChI=1S/C15H12FNO6S/c16-10-5-7-11(8-6-10)24(22,23)17(9-14(18)19)13-4-2-1-3-12(13)15(20)21/h1-8H,9H2,(H,18,19)(H,20,21). The van der Waals surface area contributed by atoms with Gasteiger partial charge < -0.3 is 10.2 Å². The molecule has 7 nitrogen and oxygen atoms in total. The molecule has 0 amide bonds. The number of benzene rings is 2. The SMILES string of the molecule is O=C(O)CN(c1ccccc1C(=O)O)S(=O)(=O)c1ccc(F)cc1. The predicted molar refractivity (Wildman–Crippen MR) is 82.0 cm³/mol. The fourth-order valence-electron chi connectivity index (χ4n) is 2.03. The molecule has 0 fully saturated rings. The first-order valence-electron chi connectivity index (χ1n) is 6.56. The lowest BCUT2D eigenvalue weighted by atomic mass is 10.2. The van der Waals surface area contributed by atoms with Crippen molar-refractivity contribution in [3.63, 3.8) is 0 Å². The second kappa shape index (κ2) is 6.67. The lowest BCUT2D eigenvalue weighted by molar-refractivity contribution is -0.135. The maximum atomic E-state index is 13.0. The molecule has 0 aliphatic carbocycles. The molecule has 0 atom stereocenters. The van der Waals surface area contributed by atoms with Crippen LogP contribution in [0.25, 0.3) is 0 Å². The van der Waals surface area contributed by atoms with Gasteiger partial charge in [0.1, 0.15) is 12.4 Å². The Balaban J connectivity index is 2.63. The van der Waals surface area contributed by atoms with Gasteiger partial charge in [-0.1, -0.05) is 12.1 Å². The lowest BCUT2D eigenvalue weighted by Crippen LogP contribution is -2.36. The van der Waals surface area contributed by atoms with Crippen LogP contribution in [0, 0.1) is 5.82 Å². The van der Waals surface area contributed by atoms with E-state index in [0.29, 0.717) is 4.31 Å². The Bertz CT molecular complexity index is 879. The lowest BCUT2D eigenvalue weighted by Gasteiger charge is -2.24. The summed E-state index contributed by atoms with van der Waals surface area (Å²) >= 11 is 0. The summed E-state index contributed by atoms with van der Waals surface area (Å²) in [5.41, 5.74) is -0.666. The third kappa shape index (κ3) is 3.51. The van der Waals surface area contributed by atoms with Crippen LogP contribution >= 0.6 is 0 Å². The van der Waals surface area contributed by atoms with Gasteiger partial charge in [-0.05, 0) is 36.4 Å². The van der Waals surface area contributed by atoms with Crippen LogP contribution in [0.5, 0.6) is 0 Å². The maximum Gasteiger partial charge on any atom is 0.337 e. The molecule has 0 saturated carbocycles. The molecule has 2 N–H and O–H groups in total. The van der Waals surface area contributed by atoms with E-state index in [0.717, 1.165) is 30.3 Å². The molecular formula is C15H12FNO6S. The zero-order valence-corrected chi connectivity index (χ0v) is 12.9. The van der Waals surface area contributed by atoms with Crippen molar-refractivity contribution in [3.8, 4) is 0 Å². The number of nitrogens with zero attached hydrogens (tertiary/aromatic N) is 1. The highest BCUT2D eigenvalue weighted by molar-refractivity contribution is 7.92. The molecule has 0 bridgehead atoms. The van der Waals surface area contributed by atoms with Gasteiger partial charge in [-0.2, -0.15) is 0 Å². The fourth-order valence-corrected chi connectivity index (χ4v) is 3.46. The Morgan fingerprint density at radius 3 is 2.12 bits per heavy atom. The van der Waals surface area contributed by atoms with Crippen LogP contribution in [0.2, 0.25) is 0 Å². The number of anilines is 1. The number of carboxylic acid groups (broad SMARTS) is 2. The Morgan fingerprint density at radius 2 is 1.58 bits per heavy atom. The summed E-state index contributed by atoms with van der Waals surface area (Å²) in [7, 11) is -4.40. The minimum Gasteiger partial charge on any atom is -0.480 e. The quantitative estimate of drug-likeness (QED) is 0.819. The van der Waals surface area contributed by atoms with Crippen molar-refractivity contribution in [3.05, 3.63) is 59.9 Å². The average molecular weight is 353 g/mol. The van der Waals surface area contributed by atoms with E-state index in [-0.39, 0.29) is 16.1 Å². The van der Waals surface area contributed by atoms with Gasteiger partial charge in [0.25, 0.3) is 10.0 Å². The summed E-state index contributed by atoms with van der Waals surface area (Å²) in [6, 6.07) is 8.89. The summed E-state index contributed by atoms with van der Waals surface area (Å²) in [4.78, 5) is 22.0. The second-order valence-corrected chi connectivity index (χ2v) is 6.54. The Kier molecular flexibility index (Phi) is 4.84. The van der Waals surface area contributed by atoms with E-state index in [9.17, 15) is 27.5 Å². The van der Waals surface area contributed by atoms with E-state index in [1.807, 2.05) is 0 Å². The Hall–Kier alpha value is -2.94. The number of aliphatic carboxylic acids is 1. The molecule has 24 heavy (non-hydrogen) atoms. The fraction of sp³-hybridized carbons (Fsp3) is 0.0667. The largest absolute Gasteiger partial charge is 0.480 e. The molecule has 126 valence electrons. The Labute approximate surface area is 136 Å². The molecule has 2 aromatic rings. The molecule has 2 aromatic carbocycles. The highest BCUT2D eigenvalue weighted by Gasteiger charge is 2.30. The highest BCUT2D eigenvalue weighted by atomic mass is 32.2. The number of hydrogen-bond acceptors (Lipinski definition) is 4. The van der Waals surface area contributed by atoms with Crippen molar-refractivity contribution in [2.45, 2.75) is 4.90 Å². The van der Waals surface area contributed by atoms with E-state index < -0.39 is 34.3 Å². The first-order valence-corrected chi connectivity index (χ1v) is 8.00. The molecule has 0 aliphatic heterocycles. The summed E-state index contributed by atoms with van der Waals surface area (Å²) in [5.74, 6) is -3.54. The monoisotopic (exact) mass is 353 g/mol. The molecule has 0 unspecified atom stereocenters. The molecule has 2 rings (SSSR count). The van der Waals surface area contributed by atoms with Crippen LogP contribution < -0.4 is 4.31 Å². The minimum atomic E-state index is -4.40. The van der Waals surface area contributed by atoms with Gasteiger partial charge in [-0.3, -0.25) is 9.10 Å². The first-order chi connectivity index (χ1) is 11.2. The zero-order chi connectivity index (χ0) is 17.9. The van der Waals surface area contributed by atoms with Gasteiger partial charge in [0.2, 0.25) is 0 Å². The number of para-hydroxylation sites is 1. The van der Waals surface area contributed by atoms with Crippen LogP contribution in [0.1, 0.15) is 10.4 Å². The molecule has 0 heterocycles. The molecule has 9 heteroatoms. The van der Waals surface area contributed by atoms with Crippen LogP contribution in [0.4, 0.5) is 10.1 Å². The second-order valence-electron chi connectivity index (χ2n) is 4.68. The number of carboxylic acids is 2. The normalized spacial score (nSPS) is 11.0. The summed E-state index contributed by atoms with van der Waals surface area (Å²) in [6.45, 7) is -0.982. The van der Waals surface area contributed by atoms with Crippen molar-refractivity contribution < 1.29 is 32.6 Å². The van der Waals surface area contributed by atoms with Gasteiger partial charge in [-0.15, -0.1) is 0 Å². The van der Waals surface area contributed by atoms with E-state index in [2.05, 4.69) is 0 Å². The number of carbonyl (C=O) groups is 2. The average Bonchev–Trinajstić information content (AvgIpc) is 2.52. The molecule has 0 aromatic heterocycles. The summed E-state index contributed by atoms with van der Waals surface area (Å²) in [5, 5.41) is 18.2. The first kappa shape index (κ1) is 17.4. The topological polar surface area (TPSA) is 112 Å². The highest BCUT2D eigenvalue weighted by Crippen LogP contribution is 2.27. The van der Waals surface area contributed by atoms with Gasteiger partial charge >= 0.3 is 11.9 Å². The number of hydrogen-bond donors (Lipinski definition) is 2. The zero-order valence-electron chi connectivity index (χ0n) is 12.1. The third-order valence-electron chi connectivity index (χ3n) is 3.08. The van der Waals surface area contributed by atoms with Crippen LogP contribution in [-0.4, -0.2) is 37.1 Å². The predicted octanol–water partition coefficient (Wildman–Crippen LogP) is 1.80. The number of rotatable bonds is 6. The van der Waals surface area contributed by atoms with E-state index in [4.69, 9.17) is 5.11 Å². The van der Waals surface area contributed by atoms with E-state index in [1.54, 1.807) is 0 Å². The smallest absolute Gasteiger partial charge is 0.337 e. The van der Waals surface area contributed by atoms with Gasteiger partial charge in [0, 0.05) is 0 Å². The van der Waals surface area contributed by atoms with E-state index in [1.165, 1.54) is 18.2 Å². The van der Waals surface area contributed by atoms with Crippen molar-refractivity contribution in [1.82, 2.24) is 0 Å². The van der Waals surface area contributed by atoms with Crippen molar-refractivity contribution in [2.24, 2.45) is 0 Å².